The van der Waals surface area contributed by atoms with Crippen LogP contribution in [0.3, 0.4) is 0 Å². The monoisotopic (exact) mass is 390 g/mol. The lowest BCUT2D eigenvalue weighted by Crippen LogP contribution is -2.21. The minimum atomic E-state index is -0.468. The summed E-state index contributed by atoms with van der Waals surface area (Å²) in [6.07, 6.45) is 0. The lowest BCUT2D eigenvalue weighted by Gasteiger charge is -2.26. The summed E-state index contributed by atoms with van der Waals surface area (Å²) in [6.45, 7) is 6.82. The van der Waals surface area contributed by atoms with Crippen LogP contribution in [0.1, 0.15) is 36.6 Å². The van der Waals surface area contributed by atoms with Crippen LogP contribution in [-0.2, 0) is 0 Å². The average Bonchev–Trinajstić information content (AvgIpc) is 3.07. The Hall–Kier alpha value is -3.66. The number of allylic oxidation sites excluding steroid dienone is 1. The predicted molar refractivity (Wildman–Crippen MR) is 109 cm³/mol. The minimum Gasteiger partial charge on any atom is -0.494 e. The molecule has 1 aromatic heterocycles. The number of aromatic nitrogens is 2. The van der Waals surface area contributed by atoms with Crippen LogP contribution in [0.25, 0.3) is 10.8 Å². The standard InChI is InChI=1S/C22H22N4O3/c1-4-27-14-8-6-13-7-9-17(28-5-2)19(15(13)10-14)20-16(11-23)21(24)29-22-18(20)12(3)25-26-22/h6-10,20H,4-5,24H2,1-3H3,(H,25,26)/t20-/m0/s1. The second-order valence-corrected chi connectivity index (χ2v) is 6.72. The lowest BCUT2D eigenvalue weighted by atomic mass is 9.81. The van der Waals surface area contributed by atoms with Crippen molar-refractivity contribution in [2.24, 2.45) is 5.73 Å². The first-order chi connectivity index (χ1) is 14.1. The normalized spacial score (nSPS) is 15.6. The summed E-state index contributed by atoms with van der Waals surface area (Å²) in [7, 11) is 0. The van der Waals surface area contributed by atoms with Gasteiger partial charge in [-0.2, -0.15) is 5.26 Å². The summed E-state index contributed by atoms with van der Waals surface area (Å²) in [5.74, 6) is 1.40. The summed E-state index contributed by atoms with van der Waals surface area (Å²) < 4.78 is 17.3. The number of hydrogen-bond acceptors (Lipinski definition) is 6. The summed E-state index contributed by atoms with van der Waals surface area (Å²) in [5.41, 5.74) is 8.87. The molecule has 2 heterocycles. The van der Waals surface area contributed by atoms with Crippen molar-refractivity contribution in [1.82, 2.24) is 10.2 Å². The molecule has 148 valence electrons. The van der Waals surface area contributed by atoms with Gasteiger partial charge in [0.1, 0.15) is 23.1 Å². The lowest BCUT2D eigenvalue weighted by molar-refractivity contribution is 0.334. The first kappa shape index (κ1) is 18.7. The molecule has 0 bridgehead atoms. The zero-order valence-electron chi connectivity index (χ0n) is 16.6. The van der Waals surface area contributed by atoms with E-state index in [1.807, 2.05) is 51.1 Å². The van der Waals surface area contributed by atoms with E-state index in [0.717, 1.165) is 33.3 Å². The van der Waals surface area contributed by atoms with Gasteiger partial charge in [-0.15, -0.1) is 5.10 Å². The molecule has 29 heavy (non-hydrogen) atoms. The van der Waals surface area contributed by atoms with Crippen molar-refractivity contribution in [2.45, 2.75) is 26.7 Å². The first-order valence-electron chi connectivity index (χ1n) is 9.53. The Morgan fingerprint density at radius 1 is 1.17 bits per heavy atom. The number of hydrogen-bond donors (Lipinski definition) is 2. The number of nitrogens with one attached hydrogen (secondary N) is 1. The van der Waals surface area contributed by atoms with E-state index in [0.29, 0.717) is 30.4 Å². The van der Waals surface area contributed by atoms with Gasteiger partial charge >= 0.3 is 0 Å². The summed E-state index contributed by atoms with van der Waals surface area (Å²) in [4.78, 5) is 0. The highest BCUT2D eigenvalue weighted by molar-refractivity contribution is 5.91. The summed E-state index contributed by atoms with van der Waals surface area (Å²) >= 11 is 0. The maximum atomic E-state index is 9.91. The molecule has 0 saturated carbocycles. The van der Waals surface area contributed by atoms with Crippen molar-refractivity contribution < 1.29 is 14.2 Å². The van der Waals surface area contributed by atoms with Gasteiger partial charge in [-0.05, 0) is 49.7 Å². The third kappa shape index (κ3) is 3.03. The summed E-state index contributed by atoms with van der Waals surface area (Å²) in [5, 5.41) is 19.0. The third-order valence-electron chi connectivity index (χ3n) is 5.02. The number of H-pyrrole nitrogens is 1. The molecule has 1 aliphatic rings. The topological polar surface area (TPSA) is 106 Å². The van der Waals surface area contributed by atoms with Crippen LogP contribution < -0.4 is 19.9 Å². The largest absolute Gasteiger partial charge is 0.494 e. The molecule has 1 atom stereocenters. The molecule has 3 aromatic rings. The molecule has 4 rings (SSSR count). The maximum absolute atomic E-state index is 9.91. The van der Waals surface area contributed by atoms with E-state index in [1.165, 1.54) is 0 Å². The van der Waals surface area contributed by atoms with E-state index >= 15 is 0 Å². The highest BCUT2D eigenvalue weighted by Gasteiger charge is 2.37. The quantitative estimate of drug-likeness (QED) is 0.685. The first-order valence-corrected chi connectivity index (χ1v) is 9.53. The Morgan fingerprint density at radius 3 is 2.66 bits per heavy atom. The van der Waals surface area contributed by atoms with E-state index in [2.05, 4.69) is 16.3 Å². The number of aryl methyl sites for hydroxylation is 1. The van der Waals surface area contributed by atoms with Crippen LogP contribution >= 0.6 is 0 Å². The third-order valence-corrected chi connectivity index (χ3v) is 5.02. The highest BCUT2D eigenvalue weighted by atomic mass is 16.5. The van der Waals surface area contributed by atoms with Crippen molar-refractivity contribution in [3.63, 3.8) is 0 Å². The number of nitrogens with zero attached hydrogens (tertiary/aromatic N) is 2. The predicted octanol–water partition coefficient (Wildman–Crippen LogP) is 3.89. The Kier molecular flexibility index (Phi) is 4.77. The van der Waals surface area contributed by atoms with Crippen LogP contribution in [-0.4, -0.2) is 23.4 Å². The zero-order valence-corrected chi connectivity index (χ0v) is 16.6. The fourth-order valence-corrected chi connectivity index (χ4v) is 3.82. The molecule has 3 N–H and O–H groups in total. The number of aromatic amines is 1. The highest BCUT2D eigenvalue weighted by Crippen LogP contribution is 2.48. The minimum absolute atomic E-state index is 0.0527. The van der Waals surface area contributed by atoms with Crippen molar-refractivity contribution in [3.8, 4) is 23.4 Å². The number of benzene rings is 2. The molecule has 0 amide bonds. The molecule has 0 spiro atoms. The molecular weight excluding hydrogens is 368 g/mol. The fraction of sp³-hybridized carbons (Fsp3) is 0.273. The molecule has 0 aliphatic carbocycles. The van der Waals surface area contributed by atoms with E-state index in [9.17, 15) is 5.26 Å². The molecule has 7 nitrogen and oxygen atoms in total. The number of rotatable bonds is 5. The van der Waals surface area contributed by atoms with Crippen LogP contribution in [0.2, 0.25) is 0 Å². The number of nitrogens with two attached hydrogens (primary N) is 1. The van der Waals surface area contributed by atoms with E-state index in [1.54, 1.807) is 0 Å². The van der Waals surface area contributed by atoms with Gasteiger partial charge in [0, 0.05) is 16.8 Å². The molecule has 7 heteroatoms. The molecule has 0 saturated heterocycles. The Morgan fingerprint density at radius 2 is 1.93 bits per heavy atom. The summed E-state index contributed by atoms with van der Waals surface area (Å²) in [6, 6.07) is 12.1. The van der Waals surface area contributed by atoms with Gasteiger partial charge in [-0.3, -0.25) is 5.10 Å². The number of fused-ring (bicyclic) bond motifs is 2. The van der Waals surface area contributed by atoms with Crippen LogP contribution in [0.4, 0.5) is 0 Å². The Bertz CT molecular complexity index is 1150. The smallest absolute Gasteiger partial charge is 0.244 e. The van der Waals surface area contributed by atoms with Gasteiger partial charge in [0.15, 0.2) is 0 Å². The molecular formula is C22H22N4O3. The van der Waals surface area contributed by atoms with Crippen molar-refractivity contribution in [2.75, 3.05) is 13.2 Å². The van der Waals surface area contributed by atoms with Gasteiger partial charge in [-0.25, -0.2) is 0 Å². The zero-order chi connectivity index (χ0) is 20.5. The molecule has 2 aromatic carbocycles. The van der Waals surface area contributed by atoms with E-state index in [-0.39, 0.29) is 5.88 Å². The number of nitriles is 1. The van der Waals surface area contributed by atoms with Crippen LogP contribution in [0.5, 0.6) is 17.4 Å². The molecule has 0 unspecified atom stereocenters. The van der Waals surface area contributed by atoms with Gasteiger partial charge < -0.3 is 19.9 Å². The average molecular weight is 390 g/mol. The van der Waals surface area contributed by atoms with Crippen molar-refractivity contribution >= 4 is 10.8 Å². The van der Waals surface area contributed by atoms with E-state index in [4.69, 9.17) is 19.9 Å². The Labute approximate surface area is 168 Å². The van der Waals surface area contributed by atoms with Gasteiger partial charge in [0.25, 0.3) is 0 Å². The van der Waals surface area contributed by atoms with Crippen molar-refractivity contribution in [3.05, 3.63) is 58.6 Å². The second-order valence-electron chi connectivity index (χ2n) is 6.72. The van der Waals surface area contributed by atoms with Gasteiger partial charge in [-0.1, -0.05) is 12.1 Å². The molecule has 0 fully saturated rings. The van der Waals surface area contributed by atoms with Crippen LogP contribution in [0, 0.1) is 18.3 Å². The SMILES string of the molecule is CCOc1ccc2ccc(OCC)c([C@H]3C(C#N)=C(N)Oc4n[nH]c(C)c43)c2c1. The van der Waals surface area contributed by atoms with Crippen LogP contribution in [0.15, 0.2) is 41.8 Å². The van der Waals surface area contributed by atoms with Crippen molar-refractivity contribution in [1.29, 1.82) is 5.26 Å². The maximum Gasteiger partial charge on any atom is 0.244 e. The van der Waals surface area contributed by atoms with Gasteiger partial charge in [0.05, 0.1) is 19.1 Å². The fourth-order valence-electron chi connectivity index (χ4n) is 3.82. The number of ether oxygens (including phenoxy) is 3. The van der Waals surface area contributed by atoms with E-state index < -0.39 is 5.92 Å². The Balaban J connectivity index is 2.07. The molecule has 0 radical (unpaired) electrons. The molecule has 1 aliphatic heterocycles. The second kappa shape index (κ2) is 7.40. The van der Waals surface area contributed by atoms with Gasteiger partial charge in [0.2, 0.25) is 11.8 Å².